The fraction of sp³-hybridized carbons (Fsp3) is 0.647. The normalized spacial score (nSPS) is 18.1. The summed E-state index contributed by atoms with van der Waals surface area (Å²) < 4.78 is 6.82. The van der Waals surface area contributed by atoms with Gasteiger partial charge in [0.2, 0.25) is 0 Å². The second-order valence-corrected chi connectivity index (χ2v) is 6.49. The molecule has 1 aliphatic carbocycles. The predicted octanol–water partition coefficient (Wildman–Crippen LogP) is 4.44. The molecule has 3 heteroatoms. The molecule has 1 aromatic carbocycles. The summed E-state index contributed by atoms with van der Waals surface area (Å²) in [7, 11) is 1.78. The van der Waals surface area contributed by atoms with Crippen LogP contribution >= 0.6 is 15.9 Å². The minimum atomic E-state index is 0.672. The van der Waals surface area contributed by atoms with E-state index in [1.165, 1.54) is 48.0 Å². The molecule has 1 unspecified atom stereocenters. The number of hydrogen-bond acceptors (Lipinski definition) is 2. The van der Waals surface area contributed by atoms with Gasteiger partial charge in [-0.25, -0.2) is 0 Å². The van der Waals surface area contributed by atoms with E-state index < -0.39 is 0 Å². The Morgan fingerprint density at radius 3 is 2.50 bits per heavy atom. The van der Waals surface area contributed by atoms with Crippen LogP contribution in [0.4, 0.5) is 0 Å². The Balaban J connectivity index is 2.22. The zero-order valence-corrected chi connectivity index (χ0v) is 14.5. The van der Waals surface area contributed by atoms with Crippen LogP contribution in [0.1, 0.15) is 44.2 Å². The first-order chi connectivity index (χ1) is 9.71. The summed E-state index contributed by atoms with van der Waals surface area (Å²) in [6.07, 6.45) is 6.01. The van der Waals surface area contributed by atoms with Crippen molar-refractivity contribution in [2.24, 2.45) is 0 Å². The fourth-order valence-electron chi connectivity index (χ4n) is 3.34. The molecular formula is C17H26BrNO. The molecule has 0 radical (unpaired) electrons. The first kappa shape index (κ1) is 15.8. The van der Waals surface area contributed by atoms with Gasteiger partial charge in [-0.05, 0) is 68.5 Å². The molecule has 0 aromatic heterocycles. The van der Waals surface area contributed by atoms with E-state index in [4.69, 9.17) is 4.74 Å². The number of hydrogen-bond donors (Lipinski definition) is 0. The van der Waals surface area contributed by atoms with Crippen LogP contribution in [0.3, 0.4) is 0 Å². The number of rotatable bonds is 6. The maximum atomic E-state index is 5.58. The van der Waals surface area contributed by atoms with Crippen molar-refractivity contribution < 1.29 is 4.74 Å². The van der Waals surface area contributed by atoms with Gasteiger partial charge in [0, 0.05) is 10.5 Å². The van der Waals surface area contributed by atoms with Crippen LogP contribution < -0.4 is 4.74 Å². The molecule has 1 atom stereocenters. The molecule has 112 valence electrons. The molecule has 1 aliphatic rings. The molecule has 0 N–H and O–H groups in total. The number of ether oxygens (including phenoxy) is 1. The number of nitrogens with zero attached hydrogens (tertiary/aromatic N) is 1. The van der Waals surface area contributed by atoms with E-state index in [0.717, 1.165) is 18.6 Å². The van der Waals surface area contributed by atoms with Crippen molar-refractivity contribution in [2.75, 3.05) is 20.2 Å². The SMILES string of the molecule is CCCN(CCC)C1CCc2c(Br)ccc(OC)c2C1. The standard InChI is InChI=1S/C17H26BrNO/c1-4-10-19(11-5-2)13-6-7-14-15(12-13)17(20-3)9-8-16(14)18/h8-9,13H,4-7,10-12H2,1-3H3. The minimum absolute atomic E-state index is 0.672. The zero-order chi connectivity index (χ0) is 14.5. The van der Waals surface area contributed by atoms with Gasteiger partial charge in [0.1, 0.15) is 5.75 Å². The van der Waals surface area contributed by atoms with Gasteiger partial charge in [0.15, 0.2) is 0 Å². The maximum Gasteiger partial charge on any atom is 0.122 e. The highest BCUT2D eigenvalue weighted by molar-refractivity contribution is 9.10. The molecule has 20 heavy (non-hydrogen) atoms. The van der Waals surface area contributed by atoms with E-state index in [9.17, 15) is 0 Å². The van der Waals surface area contributed by atoms with Gasteiger partial charge in [-0.15, -0.1) is 0 Å². The van der Waals surface area contributed by atoms with Crippen LogP contribution in [0.5, 0.6) is 5.75 Å². The molecule has 2 nitrogen and oxygen atoms in total. The van der Waals surface area contributed by atoms with Gasteiger partial charge in [0.05, 0.1) is 7.11 Å². The Hall–Kier alpha value is -0.540. The molecule has 0 heterocycles. The molecular weight excluding hydrogens is 314 g/mol. The lowest BCUT2D eigenvalue weighted by atomic mass is 9.86. The fourth-order valence-corrected chi connectivity index (χ4v) is 3.91. The van der Waals surface area contributed by atoms with Crippen molar-refractivity contribution >= 4 is 15.9 Å². The van der Waals surface area contributed by atoms with E-state index in [0.29, 0.717) is 6.04 Å². The highest BCUT2D eigenvalue weighted by Gasteiger charge is 2.26. The van der Waals surface area contributed by atoms with Gasteiger partial charge in [-0.1, -0.05) is 29.8 Å². The average molecular weight is 340 g/mol. The molecule has 0 bridgehead atoms. The third kappa shape index (κ3) is 3.37. The second-order valence-electron chi connectivity index (χ2n) is 5.64. The Morgan fingerprint density at radius 2 is 1.90 bits per heavy atom. The maximum absolute atomic E-state index is 5.58. The van der Waals surface area contributed by atoms with Gasteiger partial charge in [-0.2, -0.15) is 0 Å². The number of halogens is 1. The Morgan fingerprint density at radius 1 is 1.20 bits per heavy atom. The van der Waals surface area contributed by atoms with Crippen molar-refractivity contribution in [1.29, 1.82) is 0 Å². The Kier molecular flexibility index (Phi) is 5.91. The Bertz CT molecular complexity index is 441. The first-order valence-corrected chi connectivity index (χ1v) is 8.58. The van der Waals surface area contributed by atoms with Crippen LogP contribution in [0, 0.1) is 0 Å². The van der Waals surface area contributed by atoms with E-state index in [1.807, 2.05) is 0 Å². The monoisotopic (exact) mass is 339 g/mol. The Labute approximate surface area is 131 Å². The highest BCUT2D eigenvalue weighted by atomic mass is 79.9. The van der Waals surface area contributed by atoms with E-state index in [1.54, 1.807) is 7.11 Å². The number of fused-ring (bicyclic) bond motifs is 1. The summed E-state index contributed by atoms with van der Waals surface area (Å²) in [5, 5.41) is 0. The van der Waals surface area contributed by atoms with E-state index in [2.05, 4.69) is 46.8 Å². The zero-order valence-electron chi connectivity index (χ0n) is 12.9. The first-order valence-electron chi connectivity index (χ1n) is 7.79. The summed E-state index contributed by atoms with van der Waals surface area (Å²) in [4.78, 5) is 2.67. The molecule has 0 fully saturated rings. The summed E-state index contributed by atoms with van der Waals surface area (Å²) in [5.41, 5.74) is 2.86. The predicted molar refractivity (Wildman–Crippen MR) is 88.7 cm³/mol. The molecule has 0 amide bonds. The third-order valence-electron chi connectivity index (χ3n) is 4.26. The quantitative estimate of drug-likeness (QED) is 0.759. The van der Waals surface area contributed by atoms with Crippen LogP contribution in [0.15, 0.2) is 16.6 Å². The largest absolute Gasteiger partial charge is 0.496 e. The summed E-state index contributed by atoms with van der Waals surface area (Å²) in [6, 6.07) is 4.88. The smallest absolute Gasteiger partial charge is 0.122 e. The van der Waals surface area contributed by atoms with Crippen LogP contribution in [0.25, 0.3) is 0 Å². The van der Waals surface area contributed by atoms with Crippen molar-refractivity contribution in [3.05, 3.63) is 27.7 Å². The minimum Gasteiger partial charge on any atom is -0.496 e. The van der Waals surface area contributed by atoms with E-state index in [-0.39, 0.29) is 0 Å². The van der Waals surface area contributed by atoms with Gasteiger partial charge in [0.25, 0.3) is 0 Å². The molecule has 0 spiro atoms. The van der Waals surface area contributed by atoms with E-state index >= 15 is 0 Å². The van der Waals surface area contributed by atoms with Crippen molar-refractivity contribution in [3.8, 4) is 5.75 Å². The molecule has 0 saturated carbocycles. The number of benzene rings is 1. The molecule has 0 aliphatic heterocycles. The average Bonchev–Trinajstić information content (AvgIpc) is 2.47. The van der Waals surface area contributed by atoms with Gasteiger partial charge in [-0.3, -0.25) is 0 Å². The lowest BCUT2D eigenvalue weighted by Crippen LogP contribution is -2.40. The third-order valence-corrected chi connectivity index (χ3v) is 5.00. The summed E-state index contributed by atoms with van der Waals surface area (Å²) in [6.45, 7) is 6.97. The molecule has 0 saturated heterocycles. The van der Waals surface area contributed by atoms with Crippen molar-refractivity contribution in [3.63, 3.8) is 0 Å². The summed E-state index contributed by atoms with van der Waals surface area (Å²) >= 11 is 3.69. The highest BCUT2D eigenvalue weighted by Crippen LogP contribution is 2.36. The van der Waals surface area contributed by atoms with Crippen molar-refractivity contribution in [2.45, 2.75) is 52.0 Å². The van der Waals surface area contributed by atoms with Gasteiger partial charge >= 0.3 is 0 Å². The van der Waals surface area contributed by atoms with Crippen LogP contribution in [0.2, 0.25) is 0 Å². The topological polar surface area (TPSA) is 12.5 Å². The van der Waals surface area contributed by atoms with Crippen LogP contribution in [-0.4, -0.2) is 31.1 Å². The number of methoxy groups -OCH3 is 1. The van der Waals surface area contributed by atoms with Crippen molar-refractivity contribution in [1.82, 2.24) is 4.90 Å². The molecule has 2 rings (SSSR count). The lowest BCUT2D eigenvalue weighted by molar-refractivity contribution is 0.178. The lowest BCUT2D eigenvalue weighted by Gasteiger charge is -2.35. The summed E-state index contributed by atoms with van der Waals surface area (Å²) in [5.74, 6) is 1.06. The van der Waals surface area contributed by atoms with Gasteiger partial charge < -0.3 is 9.64 Å². The second kappa shape index (κ2) is 7.46. The van der Waals surface area contributed by atoms with Crippen LogP contribution in [-0.2, 0) is 12.8 Å². The molecule has 1 aromatic rings.